The summed E-state index contributed by atoms with van der Waals surface area (Å²) >= 11 is 0. The molecule has 2 aliphatic heterocycles. The highest BCUT2D eigenvalue weighted by molar-refractivity contribution is 5.82. The van der Waals surface area contributed by atoms with Crippen LogP contribution in [0.2, 0.25) is 0 Å². The van der Waals surface area contributed by atoms with E-state index >= 15 is 0 Å². The number of carbonyl (C=O) groups is 1. The molecule has 1 unspecified atom stereocenters. The third-order valence-corrected chi connectivity index (χ3v) is 3.54. The van der Waals surface area contributed by atoms with Crippen LogP contribution in [0, 0.1) is 0 Å². The first kappa shape index (κ1) is 14.3. The molecule has 3 heterocycles. The number of hydrogen-bond donors (Lipinski definition) is 1. The van der Waals surface area contributed by atoms with E-state index in [2.05, 4.69) is 15.5 Å². The molecule has 116 valence electrons. The van der Waals surface area contributed by atoms with Gasteiger partial charge in [-0.05, 0) is 0 Å². The lowest BCUT2D eigenvalue weighted by molar-refractivity contribution is -0.148. The molecule has 1 aromatic heterocycles. The van der Waals surface area contributed by atoms with E-state index in [9.17, 15) is 18.0 Å². The Morgan fingerprint density at radius 1 is 1.33 bits per heavy atom. The lowest BCUT2D eigenvalue weighted by Gasteiger charge is -2.32. The molecule has 1 aromatic rings. The van der Waals surface area contributed by atoms with Crippen molar-refractivity contribution < 1.29 is 22.7 Å². The molecule has 0 saturated carbocycles. The zero-order chi connectivity index (χ0) is 15.0. The first-order chi connectivity index (χ1) is 9.97. The summed E-state index contributed by atoms with van der Waals surface area (Å²) in [6, 6.07) is -0.449. The summed E-state index contributed by atoms with van der Waals surface area (Å²) in [6.45, 7) is 1.67. The monoisotopic (exact) mass is 305 g/mol. The van der Waals surface area contributed by atoms with Crippen molar-refractivity contribution in [2.24, 2.45) is 0 Å². The summed E-state index contributed by atoms with van der Waals surface area (Å²) in [4.78, 5) is 13.8. The first-order valence-electron chi connectivity index (χ1n) is 6.56. The molecule has 0 bridgehead atoms. The van der Waals surface area contributed by atoms with Crippen molar-refractivity contribution in [1.29, 1.82) is 0 Å². The average Bonchev–Trinajstić information content (AvgIpc) is 2.90. The third-order valence-electron chi connectivity index (χ3n) is 3.54. The van der Waals surface area contributed by atoms with Crippen LogP contribution in [0.5, 0.6) is 0 Å². The van der Waals surface area contributed by atoms with Crippen molar-refractivity contribution >= 4 is 5.91 Å². The second-order valence-electron chi connectivity index (χ2n) is 4.93. The maximum Gasteiger partial charge on any atom is 0.451 e. The van der Waals surface area contributed by atoms with E-state index in [-0.39, 0.29) is 38.0 Å². The second-order valence-corrected chi connectivity index (χ2v) is 4.93. The minimum Gasteiger partial charge on any atom is -0.378 e. The zero-order valence-corrected chi connectivity index (χ0v) is 11.1. The van der Waals surface area contributed by atoms with Crippen molar-refractivity contribution in [3.63, 3.8) is 0 Å². The Morgan fingerprint density at radius 3 is 2.81 bits per heavy atom. The quantitative estimate of drug-likeness (QED) is 0.766. The van der Waals surface area contributed by atoms with Crippen molar-refractivity contribution in [2.45, 2.75) is 25.3 Å². The van der Waals surface area contributed by atoms with Crippen molar-refractivity contribution in [2.75, 3.05) is 26.3 Å². The number of nitrogens with zero attached hydrogens (tertiary/aromatic N) is 4. The number of carbonyl (C=O) groups excluding carboxylic acids is 1. The van der Waals surface area contributed by atoms with Crippen LogP contribution in [0.15, 0.2) is 0 Å². The Bertz CT molecular complexity index is 538. The Balaban J connectivity index is 1.73. The molecule has 1 fully saturated rings. The van der Waals surface area contributed by atoms with Gasteiger partial charge in [0, 0.05) is 19.6 Å². The predicted octanol–water partition coefficient (Wildman–Crippen LogP) is -0.372. The van der Waals surface area contributed by atoms with Crippen molar-refractivity contribution in [3.8, 4) is 0 Å². The molecule has 0 spiro atoms. The fraction of sp³-hybridized carbons (Fsp3) is 0.727. The highest BCUT2D eigenvalue weighted by Crippen LogP contribution is 2.29. The van der Waals surface area contributed by atoms with Crippen LogP contribution in [0.4, 0.5) is 13.2 Å². The topological polar surface area (TPSA) is 72.3 Å². The van der Waals surface area contributed by atoms with E-state index in [0.29, 0.717) is 13.2 Å². The van der Waals surface area contributed by atoms with Crippen LogP contribution in [0.1, 0.15) is 11.6 Å². The Hall–Kier alpha value is -1.68. The standard InChI is InChI=1S/C11H14F3N5O2/c12-11(13,14)10-17-16-8-5-18(2-3-19(8)10)9(20)7-6-21-4-1-15-7/h7,15H,1-6H2. The number of nitrogens with one attached hydrogen (secondary N) is 1. The summed E-state index contributed by atoms with van der Waals surface area (Å²) in [5.41, 5.74) is 0. The van der Waals surface area contributed by atoms with Gasteiger partial charge in [0.15, 0.2) is 5.82 Å². The minimum atomic E-state index is -4.53. The predicted molar refractivity (Wildman–Crippen MR) is 63.1 cm³/mol. The number of halogens is 3. The summed E-state index contributed by atoms with van der Waals surface area (Å²) in [5.74, 6) is -1.04. The molecule has 7 nitrogen and oxygen atoms in total. The maximum absolute atomic E-state index is 12.7. The molecule has 21 heavy (non-hydrogen) atoms. The molecule has 0 radical (unpaired) electrons. The lowest BCUT2D eigenvalue weighted by atomic mass is 10.2. The minimum absolute atomic E-state index is 0.0279. The zero-order valence-electron chi connectivity index (χ0n) is 11.1. The van der Waals surface area contributed by atoms with E-state index < -0.39 is 18.0 Å². The second kappa shape index (κ2) is 5.26. The highest BCUT2D eigenvalue weighted by Gasteiger charge is 2.40. The molecule has 2 aliphatic rings. The van der Waals surface area contributed by atoms with Gasteiger partial charge in [-0.2, -0.15) is 13.2 Å². The number of amides is 1. The average molecular weight is 305 g/mol. The van der Waals surface area contributed by atoms with Crippen LogP contribution in [-0.4, -0.2) is 57.9 Å². The van der Waals surface area contributed by atoms with Crippen LogP contribution in [-0.2, 0) is 28.8 Å². The van der Waals surface area contributed by atoms with Gasteiger partial charge >= 0.3 is 6.18 Å². The highest BCUT2D eigenvalue weighted by atomic mass is 19.4. The molecular formula is C11H14F3N5O2. The lowest BCUT2D eigenvalue weighted by Crippen LogP contribution is -2.54. The molecule has 0 aliphatic carbocycles. The van der Waals surface area contributed by atoms with E-state index in [4.69, 9.17) is 4.74 Å². The summed E-state index contributed by atoms with van der Waals surface area (Å²) < 4.78 is 44.4. The Kier molecular flexibility index (Phi) is 3.57. The molecule has 3 rings (SSSR count). The van der Waals surface area contributed by atoms with Crippen molar-refractivity contribution in [1.82, 2.24) is 25.0 Å². The van der Waals surface area contributed by atoms with E-state index in [1.807, 2.05) is 0 Å². The van der Waals surface area contributed by atoms with Crippen LogP contribution < -0.4 is 5.32 Å². The SMILES string of the molecule is O=C(C1COCCN1)N1CCn2c(nnc2C(F)(F)F)C1. The van der Waals surface area contributed by atoms with Crippen LogP contribution in [0.25, 0.3) is 0 Å². The van der Waals surface area contributed by atoms with Gasteiger partial charge in [0.25, 0.3) is 0 Å². The van der Waals surface area contributed by atoms with Crippen LogP contribution in [0.3, 0.4) is 0 Å². The van der Waals surface area contributed by atoms with Gasteiger partial charge in [0.1, 0.15) is 6.04 Å². The Labute approximate surface area is 118 Å². The van der Waals surface area contributed by atoms with E-state index in [0.717, 1.165) is 4.57 Å². The number of ether oxygens (including phenoxy) is 1. The normalized spacial score (nSPS) is 23.0. The molecule has 1 amide bonds. The van der Waals surface area contributed by atoms with Crippen molar-refractivity contribution in [3.05, 3.63) is 11.6 Å². The number of morpholine rings is 1. The van der Waals surface area contributed by atoms with Gasteiger partial charge in [-0.1, -0.05) is 0 Å². The maximum atomic E-state index is 12.7. The first-order valence-corrected chi connectivity index (χ1v) is 6.56. The molecule has 1 N–H and O–H groups in total. The molecule has 1 saturated heterocycles. The largest absolute Gasteiger partial charge is 0.451 e. The van der Waals surface area contributed by atoms with Gasteiger partial charge in [0.05, 0.1) is 19.8 Å². The number of aromatic nitrogens is 3. The van der Waals surface area contributed by atoms with Gasteiger partial charge in [-0.3, -0.25) is 4.79 Å². The number of rotatable bonds is 1. The number of fused-ring (bicyclic) bond motifs is 1. The summed E-state index contributed by atoms with van der Waals surface area (Å²) in [7, 11) is 0. The molecule has 10 heteroatoms. The van der Waals surface area contributed by atoms with Gasteiger partial charge in [-0.15, -0.1) is 10.2 Å². The number of alkyl halides is 3. The smallest absolute Gasteiger partial charge is 0.378 e. The van der Waals surface area contributed by atoms with E-state index in [1.54, 1.807) is 0 Å². The van der Waals surface area contributed by atoms with Gasteiger partial charge < -0.3 is 19.5 Å². The van der Waals surface area contributed by atoms with Gasteiger partial charge in [0.2, 0.25) is 11.7 Å². The molecule has 1 atom stereocenters. The molecule has 0 aromatic carbocycles. The summed E-state index contributed by atoms with van der Waals surface area (Å²) in [6.07, 6.45) is -4.53. The fourth-order valence-electron chi connectivity index (χ4n) is 2.50. The summed E-state index contributed by atoms with van der Waals surface area (Å²) in [5, 5.41) is 9.76. The Morgan fingerprint density at radius 2 is 2.14 bits per heavy atom. The third kappa shape index (κ3) is 2.72. The fourth-order valence-corrected chi connectivity index (χ4v) is 2.50. The van der Waals surface area contributed by atoms with Crippen LogP contribution >= 0.6 is 0 Å². The molecular weight excluding hydrogens is 291 g/mol. The van der Waals surface area contributed by atoms with E-state index in [1.165, 1.54) is 4.90 Å². The number of hydrogen-bond acceptors (Lipinski definition) is 5. The van der Waals surface area contributed by atoms with Gasteiger partial charge in [-0.25, -0.2) is 0 Å².